The van der Waals surface area contributed by atoms with E-state index in [4.69, 9.17) is 77.3 Å². The van der Waals surface area contributed by atoms with E-state index in [-0.39, 0.29) is 69.6 Å². The van der Waals surface area contributed by atoms with Gasteiger partial charge in [0.2, 0.25) is 71.5 Å². The molecule has 47 heteroatoms. The summed E-state index contributed by atoms with van der Waals surface area (Å²) in [7, 11) is 0. The SMILES string of the molecule is CC(=O)NC1C(OC2c3ccc(c(Cl)c3)Oc3cc4cc(c3OC3OC(CO)C(O)C(O)C3NC(=O)CCCCCCC(C)C)Oc3ccc(cc3Cl)CC3NC(=O)C(N)c5ccc(O)c(c5)Oc5cc(O)cc(c5)C(NC3=O)C(=O)NC4C(=O)NC(c3ccc(O)cc3)C(=O)NC2C(=O)NC(C(=O)NCCNCCCNCCN)c2cc(O)cc(OC3OC(CO)C(O)C(O)C3O)c2)OC(CO)C(O)C1O. The van der Waals surface area contributed by atoms with Crippen molar-refractivity contribution in [2.24, 2.45) is 17.4 Å². The summed E-state index contributed by atoms with van der Waals surface area (Å²) in [5.41, 5.74) is 10.5. The minimum absolute atomic E-state index is 0.0403. The maximum absolute atomic E-state index is 16.9. The Morgan fingerprint density at radius 3 is 1.69 bits per heavy atom. The van der Waals surface area contributed by atoms with Gasteiger partial charge < -0.3 is 184 Å². The third kappa shape index (κ3) is 26.4. The van der Waals surface area contributed by atoms with Crippen molar-refractivity contribution in [1.82, 2.24) is 58.5 Å². The summed E-state index contributed by atoms with van der Waals surface area (Å²) in [6.45, 7) is 3.81. The molecule has 0 saturated carbocycles. The molecule has 3 saturated heterocycles. The molecule has 8 heterocycles. The topological polar surface area (TPSA) is 704 Å². The van der Waals surface area contributed by atoms with E-state index in [0.717, 1.165) is 123 Å². The number of rotatable bonds is 32. The van der Waals surface area contributed by atoms with Crippen molar-refractivity contribution in [3.05, 3.63) is 176 Å². The lowest BCUT2D eigenvalue weighted by molar-refractivity contribution is -0.284. The first-order valence-electron chi connectivity index (χ1n) is 46.1. The van der Waals surface area contributed by atoms with Crippen molar-refractivity contribution in [3.63, 3.8) is 0 Å². The van der Waals surface area contributed by atoms with Crippen LogP contribution in [0, 0.1) is 5.92 Å². The lowest BCUT2D eigenvalue weighted by Crippen LogP contribution is -2.65. The van der Waals surface area contributed by atoms with Crippen LogP contribution in [0.1, 0.15) is 141 Å². The molecule has 768 valence electrons. The number of amides is 9. The van der Waals surface area contributed by atoms with Crippen molar-refractivity contribution < 1.29 is 157 Å². The standard InChI is InChI=1S/C95H117Cl2N13O32/c1-42(2)9-6-4-5-7-10-68(119)105-75-81(124)78(121)66(40-112)139-94(75)142-85-63-35-50-36-64(85)137-61-20-15-47(33-57(61)97)84(141-93-74(103-43(3)114)80(123)77(120)65(39-111)138-93)76(92(133)108-71(88(129)102-26-25-101-23-8-22-100-24-21-98)48-29-53(117)38-55(32-48)135-95-83(126)82(125)79(122)67(41-113)140-95)110-89(130)70(45-12-16-51(115)17-13-45)107-91(132)73(50)109-90(131)72-49-30-52(116)37-54(31-49)134-62-34-46(14-18-59(62)118)69(99)87(128)104-58(86(127)106-72)28-44-11-19-60(136-63)56(96)27-44/h11-20,27,29-38,42,58,65-67,69-84,93-95,100-101,111-113,115-118,120-126H,4-10,21-26,28,39-41,98-99H2,1-3H3,(H,102,129)(H,103,114)(H,104,128)(H,105,119)(H,106,127)(H,107,132)(H,108,133)(H,109,131)(H,110,130). The molecule has 0 spiro atoms. The van der Waals surface area contributed by atoms with E-state index in [1.54, 1.807) is 0 Å². The Morgan fingerprint density at radius 1 is 0.493 bits per heavy atom. The molecule has 7 aromatic carbocycles. The number of nitrogens with one attached hydrogen (secondary N) is 11. The Labute approximate surface area is 822 Å². The molecule has 3 fully saturated rings. The summed E-state index contributed by atoms with van der Waals surface area (Å²) in [6.07, 6.45) is -24.3. The highest BCUT2D eigenvalue weighted by atomic mass is 35.5. The average Bonchev–Trinajstić information content (AvgIpc) is 0.766. The highest BCUT2D eigenvalue weighted by molar-refractivity contribution is 6.32. The second-order valence-corrected chi connectivity index (χ2v) is 36.3. The summed E-state index contributed by atoms with van der Waals surface area (Å²) in [4.78, 5) is 140. The van der Waals surface area contributed by atoms with Gasteiger partial charge in [0, 0.05) is 58.1 Å². The van der Waals surface area contributed by atoms with Gasteiger partial charge in [0.15, 0.2) is 29.3 Å². The number of phenols is 4. The lowest BCUT2D eigenvalue weighted by Gasteiger charge is -2.44. The molecule has 0 aromatic heterocycles. The predicted octanol–water partition coefficient (Wildman–Crippen LogP) is -0.401. The highest BCUT2D eigenvalue weighted by Crippen LogP contribution is 2.50. The monoisotopic (exact) mass is 2020 g/mol. The molecule has 0 aliphatic carbocycles. The van der Waals surface area contributed by atoms with Crippen LogP contribution in [0.3, 0.4) is 0 Å². The van der Waals surface area contributed by atoms with E-state index in [9.17, 15) is 85.9 Å². The fraction of sp³-hybridized carbons (Fsp3) is 0.463. The number of benzene rings is 7. The number of unbranched alkanes of at least 4 members (excludes halogenated alkanes) is 3. The Hall–Kier alpha value is -12.2. The van der Waals surface area contributed by atoms with E-state index in [1.807, 2.05) is 0 Å². The van der Waals surface area contributed by atoms with Crippen LogP contribution in [0.25, 0.3) is 0 Å². The van der Waals surface area contributed by atoms with E-state index < -0.39 is 288 Å². The van der Waals surface area contributed by atoms with Gasteiger partial charge in [-0.15, -0.1) is 0 Å². The molecule has 45 nitrogen and oxygen atoms in total. The van der Waals surface area contributed by atoms with Crippen LogP contribution in [-0.4, -0.2) is 288 Å². The molecule has 23 unspecified atom stereocenters. The number of hydrogen-bond donors (Lipinski definition) is 27. The molecule has 142 heavy (non-hydrogen) atoms. The lowest BCUT2D eigenvalue weighted by atomic mass is 9.95. The van der Waals surface area contributed by atoms with Gasteiger partial charge in [-0.3, -0.25) is 43.2 Å². The number of aliphatic hydroxyl groups is 10. The van der Waals surface area contributed by atoms with E-state index in [0.29, 0.717) is 51.4 Å². The average molecular weight is 2020 g/mol. The zero-order valence-electron chi connectivity index (χ0n) is 77.0. The van der Waals surface area contributed by atoms with Crippen LogP contribution in [0.15, 0.2) is 127 Å². The van der Waals surface area contributed by atoms with Crippen LogP contribution < -0.4 is 93.6 Å². The second kappa shape index (κ2) is 48.7. The van der Waals surface area contributed by atoms with Crippen LogP contribution in [0.2, 0.25) is 10.0 Å². The Balaban J connectivity index is 1.04. The Kier molecular flexibility index (Phi) is 36.8. The summed E-state index contributed by atoms with van der Waals surface area (Å²) >= 11 is 14.9. The third-order valence-corrected chi connectivity index (χ3v) is 25.1. The van der Waals surface area contributed by atoms with Gasteiger partial charge in [0.1, 0.15) is 162 Å². The number of carbonyl (C=O) groups excluding carboxylic acids is 9. The van der Waals surface area contributed by atoms with Gasteiger partial charge in [0.05, 0.1) is 29.9 Å². The third-order valence-electron chi connectivity index (χ3n) is 24.5. The van der Waals surface area contributed by atoms with Gasteiger partial charge in [-0.2, -0.15) is 0 Å². The van der Waals surface area contributed by atoms with Crippen molar-refractivity contribution in [2.45, 2.75) is 213 Å². The highest BCUT2D eigenvalue weighted by Gasteiger charge is 2.52. The summed E-state index contributed by atoms with van der Waals surface area (Å²) in [5.74, 6) is -16.7. The molecule has 29 N–H and O–H groups in total. The van der Waals surface area contributed by atoms with Gasteiger partial charge in [-0.25, -0.2) is 0 Å². The molecule has 0 radical (unpaired) electrons. The number of fused-ring (bicyclic) bond motifs is 15. The van der Waals surface area contributed by atoms with Gasteiger partial charge in [0.25, 0.3) is 0 Å². The Bertz CT molecular complexity index is 5640. The molecular weight excluding hydrogens is 1910 g/mol. The first-order chi connectivity index (χ1) is 67.9. The number of ether oxygens (including phenoxy) is 9. The van der Waals surface area contributed by atoms with E-state index in [1.165, 1.54) is 30.3 Å². The smallest absolute Gasteiger partial charge is 0.248 e. The summed E-state index contributed by atoms with van der Waals surface area (Å²) in [5, 5.41) is 187. The minimum Gasteiger partial charge on any atom is -0.508 e. The zero-order valence-corrected chi connectivity index (χ0v) is 78.5. The molecule has 13 bridgehead atoms. The summed E-state index contributed by atoms with van der Waals surface area (Å²) in [6, 6.07) is 4.80. The number of nitrogens with two attached hydrogens (primary N) is 2. The number of halogens is 2. The van der Waals surface area contributed by atoms with Gasteiger partial charge in [-0.1, -0.05) is 93.1 Å². The van der Waals surface area contributed by atoms with E-state index >= 15 is 28.8 Å². The van der Waals surface area contributed by atoms with Crippen LogP contribution in [-0.2, 0) is 68.5 Å². The van der Waals surface area contributed by atoms with Crippen molar-refractivity contribution in [1.29, 1.82) is 0 Å². The Morgan fingerprint density at radius 2 is 1.06 bits per heavy atom. The summed E-state index contributed by atoms with van der Waals surface area (Å²) < 4.78 is 57.6. The molecule has 7 aromatic rings. The van der Waals surface area contributed by atoms with Crippen LogP contribution in [0.5, 0.6) is 69.0 Å². The van der Waals surface area contributed by atoms with Crippen molar-refractivity contribution in [3.8, 4) is 69.0 Å². The van der Waals surface area contributed by atoms with Crippen molar-refractivity contribution >= 4 is 76.4 Å². The maximum atomic E-state index is 16.9. The number of phenolic OH excluding ortho intramolecular Hbond substituents is 4. The van der Waals surface area contributed by atoms with Crippen LogP contribution >= 0.6 is 23.2 Å². The zero-order chi connectivity index (χ0) is 102. The first kappa shape index (κ1) is 107. The molecule has 8 aliphatic heterocycles. The van der Waals surface area contributed by atoms with Gasteiger partial charge >= 0.3 is 0 Å². The first-order valence-corrected chi connectivity index (χ1v) is 46.8. The quantitative estimate of drug-likeness (QED) is 0.0239. The normalized spacial score (nSPS) is 27.0. The molecular formula is C95H117Cl2N13O32. The van der Waals surface area contributed by atoms with Crippen LogP contribution in [0.4, 0.5) is 0 Å². The number of aliphatic hydroxyl groups excluding tert-OH is 10. The molecule has 23 atom stereocenters. The number of carbonyl (C=O) groups is 9. The minimum atomic E-state index is -2.55. The fourth-order valence-corrected chi connectivity index (χ4v) is 17.4. The number of aromatic hydroxyl groups is 4. The number of hydrogen-bond acceptors (Lipinski definition) is 36. The maximum Gasteiger partial charge on any atom is 0.248 e. The van der Waals surface area contributed by atoms with E-state index in [2.05, 4.69) is 72.3 Å². The fourth-order valence-electron chi connectivity index (χ4n) is 16.9. The second-order valence-electron chi connectivity index (χ2n) is 35.4. The molecule has 15 rings (SSSR count). The molecule has 9 amide bonds. The van der Waals surface area contributed by atoms with Crippen molar-refractivity contribution in [2.75, 3.05) is 59.1 Å². The van der Waals surface area contributed by atoms with Gasteiger partial charge in [-0.05, 0) is 156 Å². The largest absolute Gasteiger partial charge is 0.508 e. The molecule has 8 aliphatic rings. The predicted molar refractivity (Wildman–Crippen MR) is 499 cm³/mol.